The van der Waals surface area contributed by atoms with Gasteiger partial charge >= 0.3 is 0 Å². The van der Waals surface area contributed by atoms with Crippen molar-refractivity contribution < 1.29 is 9.59 Å². The molecule has 31 heavy (non-hydrogen) atoms. The first-order valence-electron chi connectivity index (χ1n) is 13.3. The van der Waals surface area contributed by atoms with Gasteiger partial charge < -0.3 is 10.6 Å². The van der Waals surface area contributed by atoms with Crippen LogP contribution in [0.1, 0.15) is 90.9 Å². The van der Waals surface area contributed by atoms with Crippen molar-refractivity contribution in [2.75, 3.05) is 13.1 Å². The Hall–Kier alpha value is -1.06. The summed E-state index contributed by atoms with van der Waals surface area (Å²) < 4.78 is 0. The molecule has 8 saturated carbocycles. The summed E-state index contributed by atoms with van der Waals surface area (Å²) in [6.07, 6.45) is 14.9. The van der Waals surface area contributed by atoms with Gasteiger partial charge in [0.1, 0.15) is 0 Å². The van der Waals surface area contributed by atoms with E-state index >= 15 is 0 Å². The van der Waals surface area contributed by atoms with Crippen molar-refractivity contribution >= 4 is 11.8 Å². The van der Waals surface area contributed by atoms with Crippen LogP contribution in [0, 0.1) is 51.8 Å². The van der Waals surface area contributed by atoms with Gasteiger partial charge in [0.05, 0.1) is 0 Å². The quantitative estimate of drug-likeness (QED) is 0.648. The molecule has 0 spiro atoms. The van der Waals surface area contributed by atoms with E-state index < -0.39 is 0 Å². The second-order valence-electron chi connectivity index (χ2n) is 13.9. The molecule has 8 aliphatic rings. The summed E-state index contributed by atoms with van der Waals surface area (Å²) >= 11 is 0. The molecule has 0 aromatic carbocycles. The van der Waals surface area contributed by atoms with Crippen LogP contribution >= 0.6 is 0 Å². The molecule has 0 heterocycles. The monoisotopic (exact) mass is 426 g/mol. The maximum absolute atomic E-state index is 13.3. The SMILES string of the molecule is CC(C)(CNC(=O)C12CC3CC(CC(C3)C1)C2)CNC(=O)C12CC3CC(CC(C3)C1)C2. The Kier molecular flexibility index (Phi) is 4.62. The average Bonchev–Trinajstić information content (AvgIpc) is 2.68. The molecule has 0 saturated heterocycles. The second-order valence-corrected chi connectivity index (χ2v) is 13.9. The molecule has 0 unspecified atom stereocenters. The fraction of sp³-hybridized carbons (Fsp3) is 0.926. The molecule has 4 nitrogen and oxygen atoms in total. The fourth-order valence-corrected chi connectivity index (χ4v) is 9.85. The van der Waals surface area contributed by atoms with E-state index in [9.17, 15) is 9.59 Å². The van der Waals surface area contributed by atoms with Gasteiger partial charge in [-0.25, -0.2) is 0 Å². The van der Waals surface area contributed by atoms with Crippen LogP contribution in [0.3, 0.4) is 0 Å². The van der Waals surface area contributed by atoms with Crippen LogP contribution in [0.4, 0.5) is 0 Å². The first-order valence-corrected chi connectivity index (χ1v) is 13.3. The number of carbonyl (C=O) groups excluding carboxylic acids is 2. The minimum absolute atomic E-state index is 0.0761. The zero-order chi connectivity index (χ0) is 21.4. The van der Waals surface area contributed by atoms with Crippen molar-refractivity contribution in [3.05, 3.63) is 0 Å². The van der Waals surface area contributed by atoms with Crippen LogP contribution in [0.15, 0.2) is 0 Å². The summed E-state index contributed by atoms with van der Waals surface area (Å²) in [5.74, 6) is 5.40. The van der Waals surface area contributed by atoms with Gasteiger partial charge in [-0.2, -0.15) is 0 Å². The molecule has 2 amide bonds. The van der Waals surface area contributed by atoms with E-state index in [4.69, 9.17) is 0 Å². The molecule has 8 rings (SSSR count). The third-order valence-corrected chi connectivity index (χ3v) is 10.5. The Labute approximate surface area is 188 Å². The van der Waals surface area contributed by atoms with E-state index in [2.05, 4.69) is 24.5 Å². The maximum Gasteiger partial charge on any atom is 0.226 e. The van der Waals surface area contributed by atoms with Crippen LogP contribution in [0.2, 0.25) is 0 Å². The fourth-order valence-electron chi connectivity index (χ4n) is 9.85. The highest BCUT2D eigenvalue weighted by molar-refractivity contribution is 5.84. The Morgan fingerprint density at radius 1 is 0.613 bits per heavy atom. The highest BCUT2D eigenvalue weighted by Crippen LogP contribution is 2.61. The number of rotatable bonds is 6. The standard InChI is InChI=1S/C27H42N2O2/c1-25(2,15-28-23(30)26-9-17-3-18(10-26)5-19(4-17)11-26)16-29-24(31)27-12-20-6-21(13-27)8-22(7-20)14-27/h17-22H,3-16H2,1-2H3,(H,28,30)(H,29,31). The minimum atomic E-state index is -0.115. The van der Waals surface area contributed by atoms with Crippen molar-refractivity contribution in [2.24, 2.45) is 51.8 Å². The highest BCUT2D eigenvalue weighted by Gasteiger charge is 2.56. The van der Waals surface area contributed by atoms with Crippen LogP contribution in [-0.2, 0) is 9.59 Å². The van der Waals surface area contributed by atoms with Crippen LogP contribution in [-0.4, -0.2) is 24.9 Å². The van der Waals surface area contributed by atoms with Crippen molar-refractivity contribution in [1.29, 1.82) is 0 Å². The molecule has 0 aliphatic heterocycles. The van der Waals surface area contributed by atoms with Gasteiger partial charge in [-0.1, -0.05) is 13.8 Å². The molecule has 0 radical (unpaired) electrons. The Bertz CT molecular complexity index is 637. The third kappa shape index (κ3) is 3.55. The summed E-state index contributed by atoms with van der Waals surface area (Å²) in [6, 6.07) is 0. The lowest BCUT2D eigenvalue weighted by atomic mass is 9.49. The van der Waals surface area contributed by atoms with Gasteiger partial charge in [-0.15, -0.1) is 0 Å². The molecule has 8 bridgehead atoms. The lowest BCUT2D eigenvalue weighted by Crippen LogP contribution is -2.56. The van der Waals surface area contributed by atoms with Crippen molar-refractivity contribution in [3.63, 3.8) is 0 Å². The van der Waals surface area contributed by atoms with Gasteiger partial charge in [-0.3, -0.25) is 9.59 Å². The predicted molar refractivity (Wildman–Crippen MR) is 121 cm³/mol. The molecular weight excluding hydrogens is 384 g/mol. The Balaban J connectivity index is 1.03. The lowest BCUT2D eigenvalue weighted by molar-refractivity contribution is -0.147. The van der Waals surface area contributed by atoms with E-state index in [-0.39, 0.29) is 16.2 Å². The summed E-state index contributed by atoms with van der Waals surface area (Å²) in [5.41, 5.74) is -0.267. The first kappa shape index (κ1) is 20.5. The van der Waals surface area contributed by atoms with Crippen molar-refractivity contribution in [2.45, 2.75) is 90.9 Å². The number of amides is 2. The number of carbonyl (C=O) groups is 2. The molecule has 2 N–H and O–H groups in total. The van der Waals surface area contributed by atoms with E-state index in [1.807, 2.05) is 0 Å². The van der Waals surface area contributed by atoms with E-state index in [0.29, 0.717) is 24.9 Å². The molecule has 8 aliphatic carbocycles. The molecule has 8 fully saturated rings. The summed E-state index contributed by atoms with van der Waals surface area (Å²) in [4.78, 5) is 26.6. The summed E-state index contributed by atoms with van der Waals surface area (Å²) in [5, 5.41) is 6.70. The molecule has 0 atom stereocenters. The maximum atomic E-state index is 13.3. The van der Waals surface area contributed by atoms with Gasteiger partial charge in [0, 0.05) is 23.9 Å². The van der Waals surface area contributed by atoms with Gasteiger partial charge in [0.2, 0.25) is 11.8 Å². The van der Waals surface area contributed by atoms with Crippen molar-refractivity contribution in [3.8, 4) is 0 Å². The normalized spacial score (nSPS) is 46.9. The van der Waals surface area contributed by atoms with Crippen LogP contribution in [0.5, 0.6) is 0 Å². The number of nitrogens with one attached hydrogen (secondary N) is 2. The topological polar surface area (TPSA) is 58.2 Å². The van der Waals surface area contributed by atoms with E-state index in [0.717, 1.165) is 74.0 Å². The van der Waals surface area contributed by atoms with E-state index in [1.165, 1.54) is 38.5 Å². The smallest absolute Gasteiger partial charge is 0.226 e. The second kappa shape index (κ2) is 6.97. The van der Waals surface area contributed by atoms with Gasteiger partial charge in [0.15, 0.2) is 0 Å². The van der Waals surface area contributed by atoms with Crippen LogP contribution < -0.4 is 10.6 Å². The lowest BCUT2D eigenvalue weighted by Gasteiger charge is -2.56. The third-order valence-electron chi connectivity index (χ3n) is 10.5. The highest BCUT2D eigenvalue weighted by atomic mass is 16.2. The van der Waals surface area contributed by atoms with Crippen LogP contribution in [0.25, 0.3) is 0 Å². The first-order chi connectivity index (χ1) is 14.7. The summed E-state index contributed by atoms with van der Waals surface area (Å²) in [7, 11) is 0. The number of hydrogen-bond donors (Lipinski definition) is 2. The molecule has 0 aromatic rings. The van der Waals surface area contributed by atoms with Gasteiger partial charge in [-0.05, 0) is 118 Å². The molecule has 4 heteroatoms. The molecule has 0 aromatic heterocycles. The largest absolute Gasteiger partial charge is 0.355 e. The molecule has 172 valence electrons. The zero-order valence-corrected chi connectivity index (χ0v) is 19.7. The Morgan fingerprint density at radius 2 is 0.871 bits per heavy atom. The van der Waals surface area contributed by atoms with Crippen molar-refractivity contribution in [1.82, 2.24) is 10.6 Å². The van der Waals surface area contributed by atoms with Gasteiger partial charge in [0.25, 0.3) is 0 Å². The molecular formula is C27H42N2O2. The predicted octanol–water partition coefficient (Wildman–Crippen LogP) is 4.68. The summed E-state index contributed by atoms with van der Waals surface area (Å²) in [6.45, 7) is 5.70. The zero-order valence-electron chi connectivity index (χ0n) is 19.7. The Morgan fingerprint density at radius 3 is 1.13 bits per heavy atom. The average molecular weight is 427 g/mol. The number of hydrogen-bond acceptors (Lipinski definition) is 2. The van der Waals surface area contributed by atoms with E-state index in [1.54, 1.807) is 0 Å². The minimum Gasteiger partial charge on any atom is -0.355 e.